The van der Waals surface area contributed by atoms with Crippen molar-refractivity contribution >= 4 is 96.7 Å². The summed E-state index contributed by atoms with van der Waals surface area (Å²) in [6.07, 6.45) is 0.264. The number of hydrogen-bond donors (Lipinski definition) is 8. The van der Waals surface area contributed by atoms with Crippen LogP contribution in [0.25, 0.3) is 33.8 Å². The fraction of sp³-hybridized carbons (Fsp3) is 0.125. The van der Waals surface area contributed by atoms with Gasteiger partial charge in [0, 0.05) is 16.7 Å². The number of carboxylic acids is 4. The zero-order valence-electron chi connectivity index (χ0n) is 41.2. The minimum Gasteiger partial charge on any atom is -0.492 e. The van der Waals surface area contributed by atoms with Crippen molar-refractivity contribution in [3.05, 3.63) is 136 Å². The first kappa shape index (κ1) is 64.9. The lowest BCUT2D eigenvalue weighted by Gasteiger charge is -2.13. The van der Waals surface area contributed by atoms with Crippen molar-refractivity contribution in [2.75, 3.05) is 51.4 Å². The first-order valence-corrected chi connectivity index (χ1v) is 23.6. The number of aromatic nitrogens is 4. The van der Waals surface area contributed by atoms with E-state index in [9.17, 15) is 63.1 Å². The molecule has 0 saturated heterocycles. The molecule has 0 amide bonds. The van der Waals surface area contributed by atoms with Crippen molar-refractivity contribution in [1.82, 2.24) is 19.9 Å². The lowest BCUT2D eigenvalue weighted by Crippen LogP contribution is -2.11. The van der Waals surface area contributed by atoms with E-state index in [4.69, 9.17) is 69.2 Å². The van der Waals surface area contributed by atoms with Gasteiger partial charge in [-0.3, -0.25) is 0 Å². The summed E-state index contributed by atoms with van der Waals surface area (Å²) in [5.74, 6) is -17.8. The largest absolute Gasteiger partial charge is 0.492 e. The van der Waals surface area contributed by atoms with Crippen LogP contribution in [0.4, 0.5) is 66.7 Å². The van der Waals surface area contributed by atoms with Crippen molar-refractivity contribution < 1.29 is 102 Å². The molecule has 0 atom stereocenters. The summed E-state index contributed by atoms with van der Waals surface area (Å²) in [5, 5.41) is 35.5. The molecule has 0 unspecified atom stereocenters. The van der Waals surface area contributed by atoms with Crippen LogP contribution in [0.5, 0.6) is 23.0 Å². The van der Waals surface area contributed by atoms with E-state index in [0.717, 1.165) is 39.5 Å². The molecule has 0 fully saturated rings. The minimum absolute atomic E-state index is 0.0146. The van der Waals surface area contributed by atoms with Crippen molar-refractivity contribution in [3.8, 4) is 56.8 Å². The Bertz CT molecular complexity index is 3380. The molecule has 81 heavy (non-hydrogen) atoms. The van der Waals surface area contributed by atoms with Crippen LogP contribution in [0.15, 0.2) is 40.9 Å². The topological polar surface area (TPSA) is 342 Å². The number of halogens is 13. The number of methoxy groups -OCH3 is 4. The van der Waals surface area contributed by atoms with E-state index >= 15 is 0 Å². The van der Waals surface area contributed by atoms with Crippen LogP contribution in [0, 0.1) is 61.7 Å². The second kappa shape index (κ2) is 27.0. The Morgan fingerprint density at radius 3 is 1.11 bits per heavy atom. The Labute approximate surface area is 474 Å². The van der Waals surface area contributed by atoms with Gasteiger partial charge in [0.25, 0.3) is 0 Å². The molecule has 0 aliphatic rings. The number of aromatic carboxylic acids is 4. The fourth-order valence-electron chi connectivity index (χ4n) is 6.60. The van der Waals surface area contributed by atoms with E-state index in [1.807, 2.05) is 0 Å². The number of ether oxygens (including phenoxy) is 4. The van der Waals surface area contributed by atoms with E-state index in [1.165, 1.54) is 7.11 Å². The van der Waals surface area contributed by atoms with Crippen molar-refractivity contribution in [2.24, 2.45) is 0 Å². The molecule has 33 heteroatoms. The van der Waals surface area contributed by atoms with Crippen LogP contribution < -0.4 is 41.9 Å². The van der Waals surface area contributed by atoms with Gasteiger partial charge in [0.15, 0.2) is 69.0 Å². The van der Waals surface area contributed by atoms with Gasteiger partial charge in [-0.05, 0) is 81.3 Å². The monoisotopic (exact) mass is 1350 g/mol. The Kier molecular flexibility index (Phi) is 21.6. The summed E-state index contributed by atoms with van der Waals surface area (Å²) in [7, 11) is 4.45. The second-order valence-corrected chi connectivity index (χ2v) is 17.6. The lowest BCUT2D eigenvalue weighted by atomic mass is 10.1. The molecule has 0 aliphatic heterocycles. The number of hydrogen-bond acceptors (Lipinski definition) is 16. The number of benzene rings is 3. The molecule has 12 N–H and O–H groups in total. The van der Waals surface area contributed by atoms with E-state index in [2.05, 4.69) is 40.6 Å². The number of pyridine rings is 4. The van der Waals surface area contributed by atoms with Gasteiger partial charge in [-0.15, -0.1) is 0 Å². The standard InChI is InChI=1S/C13H8BrF3N2O3.C13H8ClF3N2O3.C13H8F3IN2O3.C9H11FN2O3/c2*1-22-12-9(18)8(17)10(19-11(12)13(20)21)4-2-7(16)5(14)3-6(4)15;1-22-12-9(18)8(16)10(19-11(12)13(20)21)4-2-6(15)7(17)3-5(4)14;1-3-4-5(10)6(11)8(15-2)7(12-4)9(13)14/h3*2-3H,1H3,(H2,18,19)(H,20,21);3H2,1-2H3,(H2,11,12)(H,13,14). The van der Waals surface area contributed by atoms with Crippen molar-refractivity contribution in [3.63, 3.8) is 0 Å². The van der Waals surface area contributed by atoms with Crippen LogP contribution in [0.2, 0.25) is 5.02 Å². The maximum atomic E-state index is 14.2. The molecular formula is C48H35BrClF10IN8O12. The van der Waals surface area contributed by atoms with E-state index < -0.39 is 172 Å². The molecule has 0 bridgehead atoms. The van der Waals surface area contributed by atoms with Crippen LogP contribution >= 0.6 is 50.1 Å². The Balaban J connectivity index is 0.000000235. The van der Waals surface area contributed by atoms with Gasteiger partial charge in [-0.25, -0.2) is 83.0 Å². The summed E-state index contributed by atoms with van der Waals surface area (Å²) in [5.41, 5.74) is 13.1. The Morgan fingerprint density at radius 2 is 0.778 bits per heavy atom. The molecule has 0 aliphatic carbocycles. The molecular weight excluding hydrogens is 1310 g/mol. The minimum atomic E-state index is -1.57. The highest BCUT2D eigenvalue weighted by Crippen LogP contribution is 2.39. The van der Waals surface area contributed by atoms with Gasteiger partial charge in [-0.2, -0.15) is 0 Å². The Hall–Kier alpha value is -8.66. The maximum absolute atomic E-state index is 14.2. The summed E-state index contributed by atoms with van der Waals surface area (Å²) in [4.78, 5) is 58.3. The zero-order chi connectivity index (χ0) is 61.4. The number of anilines is 4. The fourth-order valence-corrected chi connectivity index (χ4v) is 7.50. The van der Waals surface area contributed by atoms with Crippen molar-refractivity contribution in [1.29, 1.82) is 0 Å². The van der Waals surface area contributed by atoms with E-state index in [1.54, 1.807) is 29.5 Å². The smallest absolute Gasteiger partial charge is 0.358 e. The predicted octanol–water partition coefficient (Wildman–Crippen LogP) is 10.5. The SMILES string of the molecule is CCc1nc(C(=O)O)c(OC)c(N)c1F.COc1c(C(=O)O)nc(-c2cc(F)c(Br)cc2F)c(F)c1N.COc1c(C(=O)O)nc(-c2cc(F)c(Cl)cc2F)c(F)c1N.COc1c(C(=O)O)nc(-c2cc(F)c(I)cc2F)c(F)c1N. The average Bonchev–Trinajstić information content (AvgIpc) is 3.57. The Morgan fingerprint density at radius 1 is 0.481 bits per heavy atom. The van der Waals surface area contributed by atoms with Crippen LogP contribution in [-0.4, -0.2) is 92.7 Å². The normalized spacial score (nSPS) is 10.5. The maximum Gasteiger partial charge on any atom is 0.358 e. The van der Waals surface area contributed by atoms with Gasteiger partial charge < -0.3 is 62.3 Å². The molecule has 4 aromatic heterocycles. The number of rotatable bonds is 12. The van der Waals surface area contributed by atoms with E-state index in [-0.39, 0.29) is 37.3 Å². The number of nitrogens with zero attached hydrogens (tertiary/aromatic N) is 4. The third-order valence-corrected chi connectivity index (χ3v) is 12.1. The number of carboxylic acid groups (broad SMARTS) is 4. The third-order valence-electron chi connectivity index (χ3n) is 10.3. The first-order chi connectivity index (χ1) is 37.8. The summed E-state index contributed by atoms with van der Waals surface area (Å²) < 4.78 is 157. The summed E-state index contributed by atoms with van der Waals surface area (Å²) in [6, 6.07) is 4.23. The molecule has 3 aromatic carbocycles. The van der Waals surface area contributed by atoms with Gasteiger partial charge in [0.05, 0.1) is 47.2 Å². The number of carbonyl (C=O) groups is 4. The highest BCUT2D eigenvalue weighted by Gasteiger charge is 2.30. The molecule has 430 valence electrons. The summed E-state index contributed by atoms with van der Waals surface area (Å²) >= 11 is 9.75. The molecule has 0 radical (unpaired) electrons. The zero-order valence-corrected chi connectivity index (χ0v) is 45.7. The lowest BCUT2D eigenvalue weighted by molar-refractivity contribution is 0.0675. The quantitative estimate of drug-likeness (QED) is 0.0320. The number of nitrogens with two attached hydrogens (primary N) is 4. The molecule has 4 heterocycles. The second-order valence-electron chi connectivity index (χ2n) is 15.2. The van der Waals surface area contributed by atoms with Crippen LogP contribution in [0.1, 0.15) is 54.6 Å². The summed E-state index contributed by atoms with van der Waals surface area (Å²) in [6.45, 7) is 1.66. The van der Waals surface area contributed by atoms with Gasteiger partial charge in [0.1, 0.15) is 74.7 Å². The highest BCUT2D eigenvalue weighted by molar-refractivity contribution is 14.1. The molecule has 7 rings (SSSR count). The average molecular weight is 1350 g/mol. The van der Waals surface area contributed by atoms with Crippen LogP contribution in [0.3, 0.4) is 0 Å². The van der Waals surface area contributed by atoms with Gasteiger partial charge in [0.2, 0.25) is 0 Å². The number of nitrogen functional groups attached to an aromatic ring is 4. The van der Waals surface area contributed by atoms with E-state index in [0.29, 0.717) is 18.2 Å². The molecule has 0 saturated carbocycles. The van der Waals surface area contributed by atoms with Gasteiger partial charge >= 0.3 is 23.9 Å². The first-order valence-electron chi connectivity index (χ1n) is 21.3. The molecule has 7 aromatic rings. The van der Waals surface area contributed by atoms with Gasteiger partial charge in [-0.1, -0.05) is 18.5 Å². The highest BCUT2D eigenvalue weighted by atomic mass is 127. The third kappa shape index (κ3) is 13.9. The number of aryl methyl sites for hydroxylation is 1. The predicted molar refractivity (Wildman–Crippen MR) is 279 cm³/mol. The van der Waals surface area contributed by atoms with Crippen molar-refractivity contribution in [2.45, 2.75) is 13.3 Å². The molecule has 0 spiro atoms. The van der Waals surface area contributed by atoms with Crippen LogP contribution in [-0.2, 0) is 6.42 Å². The molecule has 20 nitrogen and oxygen atoms in total.